The monoisotopic (exact) mass is 176 g/mol. The van der Waals surface area contributed by atoms with Crippen molar-refractivity contribution in [3.8, 4) is 0 Å². The first-order chi connectivity index (χ1) is 6.07. The van der Waals surface area contributed by atoms with Crippen LogP contribution in [0.5, 0.6) is 0 Å². The third-order valence-electron chi connectivity index (χ3n) is 2.43. The molecule has 13 heavy (non-hydrogen) atoms. The van der Waals surface area contributed by atoms with E-state index in [4.69, 9.17) is 0 Å². The van der Waals surface area contributed by atoms with Crippen LogP contribution in [-0.2, 0) is 0 Å². The zero-order valence-electron chi connectivity index (χ0n) is 8.49. The second kappa shape index (κ2) is 2.66. The highest BCUT2D eigenvalue weighted by atomic mass is 15.4. The summed E-state index contributed by atoms with van der Waals surface area (Å²) in [6.07, 6.45) is 10.6. The smallest absolute Gasteiger partial charge is 0.0946 e. The normalized spacial score (nSPS) is 20.7. The third-order valence-corrected chi connectivity index (χ3v) is 2.43. The van der Waals surface area contributed by atoms with Crippen LogP contribution in [-0.4, -0.2) is 22.0 Å². The highest BCUT2D eigenvalue weighted by Gasteiger charge is 2.26. The topological polar surface area (TPSA) is 6.48 Å². The minimum atomic E-state index is 0.214. The van der Waals surface area contributed by atoms with Crippen molar-refractivity contribution in [2.45, 2.75) is 26.3 Å². The van der Waals surface area contributed by atoms with Crippen LogP contribution in [0.15, 0.2) is 36.3 Å². The largest absolute Gasteiger partial charge is 0.353 e. The van der Waals surface area contributed by atoms with Crippen molar-refractivity contribution in [3.05, 3.63) is 36.3 Å². The highest BCUT2D eigenvalue weighted by Crippen LogP contribution is 2.26. The maximum Gasteiger partial charge on any atom is 0.0946 e. The van der Waals surface area contributed by atoms with Crippen molar-refractivity contribution in [1.29, 1.82) is 0 Å². The summed E-state index contributed by atoms with van der Waals surface area (Å²) in [5, 5.41) is 0. The Hall–Kier alpha value is -1.18. The highest BCUT2D eigenvalue weighted by molar-refractivity contribution is 5.30. The molecule has 0 atom stereocenters. The molecule has 0 spiro atoms. The van der Waals surface area contributed by atoms with Crippen molar-refractivity contribution in [2.24, 2.45) is 0 Å². The van der Waals surface area contributed by atoms with Gasteiger partial charge in [0, 0.05) is 17.9 Å². The first kappa shape index (κ1) is 8.42. The SMILES string of the molecule is CC(C)(C)N1C=C2C=CC=CN2C1. The summed E-state index contributed by atoms with van der Waals surface area (Å²) in [6, 6.07) is 0. The van der Waals surface area contributed by atoms with Crippen LogP contribution in [0, 0.1) is 0 Å². The molecule has 70 valence electrons. The molecule has 0 saturated carbocycles. The van der Waals surface area contributed by atoms with E-state index in [0.717, 1.165) is 6.67 Å². The summed E-state index contributed by atoms with van der Waals surface area (Å²) in [6.45, 7) is 7.67. The fourth-order valence-electron chi connectivity index (χ4n) is 1.51. The zero-order valence-corrected chi connectivity index (χ0v) is 8.49. The molecule has 0 bridgehead atoms. The standard InChI is InChI=1S/C11H16N2/c1-11(2,3)13-8-10-6-4-5-7-12(10)9-13/h4-8H,9H2,1-3H3. The fourth-order valence-corrected chi connectivity index (χ4v) is 1.51. The summed E-state index contributed by atoms with van der Waals surface area (Å²) >= 11 is 0. The minimum Gasteiger partial charge on any atom is -0.353 e. The number of hydrogen-bond acceptors (Lipinski definition) is 2. The number of allylic oxidation sites excluding steroid dienone is 3. The second-order valence-electron chi connectivity index (χ2n) is 4.51. The Morgan fingerprint density at radius 1 is 1.23 bits per heavy atom. The molecule has 2 heterocycles. The van der Waals surface area contributed by atoms with Gasteiger partial charge >= 0.3 is 0 Å². The Bertz CT molecular complexity index is 292. The number of rotatable bonds is 0. The van der Waals surface area contributed by atoms with Crippen molar-refractivity contribution in [1.82, 2.24) is 9.80 Å². The van der Waals surface area contributed by atoms with Gasteiger partial charge in [-0.15, -0.1) is 0 Å². The van der Waals surface area contributed by atoms with Gasteiger partial charge in [-0.1, -0.05) is 6.08 Å². The summed E-state index contributed by atoms with van der Waals surface area (Å²) in [5.74, 6) is 0. The number of nitrogens with zero attached hydrogens (tertiary/aromatic N) is 2. The molecule has 2 nitrogen and oxygen atoms in total. The maximum absolute atomic E-state index is 2.35. The van der Waals surface area contributed by atoms with E-state index in [1.165, 1.54) is 5.70 Å². The van der Waals surface area contributed by atoms with Crippen LogP contribution in [0.3, 0.4) is 0 Å². The Balaban J connectivity index is 2.21. The lowest BCUT2D eigenvalue weighted by Gasteiger charge is -2.32. The number of hydrogen-bond donors (Lipinski definition) is 0. The molecular formula is C11H16N2. The van der Waals surface area contributed by atoms with Crippen molar-refractivity contribution < 1.29 is 0 Å². The molecule has 2 aliphatic heterocycles. The molecular weight excluding hydrogens is 160 g/mol. The third kappa shape index (κ3) is 1.48. The van der Waals surface area contributed by atoms with Gasteiger partial charge in [0.05, 0.1) is 12.4 Å². The minimum absolute atomic E-state index is 0.214. The van der Waals surface area contributed by atoms with E-state index in [9.17, 15) is 0 Å². The van der Waals surface area contributed by atoms with E-state index in [1.54, 1.807) is 0 Å². The van der Waals surface area contributed by atoms with E-state index >= 15 is 0 Å². The van der Waals surface area contributed by atoms with Gasteiger partial charge in [0.2, 0.25) is 0 Å². The van der Waals surface area contributed by atoms with Gasteiger partial charge in [-0.2, -0.15) is 0 Å². The van der Waals surface area contributed by atoms with Crippen molar-refractivity contribution in [3.63, 3.8) is 0 Å². The van der Waals surface area contributed by atoms with Gasteiger partial charge in [-0.05, 0) is 32.9 Å². The molecule has 0 aromatic rings. The average molecular weight is 176 g/mol. The molecule has 0 saturated heterocycles. The molecule has 0 unspecified atom stereocenters. The van der Waals surface area contributed by atoms with Gasteiger partial charge < -0.3 is 9.80 Å². The quantitative estimate of drug-likeness (QED) is 0.558. The van der Waals surface area contributed by atoms with Gasteiger partial charge in [-0.25, -0.2) is 0 Å². The van der Waals surface area contributed by atoms with Crippen LogP contribution in [0.4, 0.5) is 0 Å². The molecule has 0 N–H and O–H groups in total. The Morgan fingerprint density at radius 2 is 2.00 bits per heavy atom. The lowest BCUT2D eigenvalue weighted by Crippen LogP contribution is -2.38. The predicted octanol–water partition coefficient (Wildman–Crippen LogP) is 2.28. The Morgan fingerprint density at radius 3 is 2.62 bits per heavy atom. The van der Waals surface area contributed by atoms with Crippen molar-refractivity contribution in [2.75, 3.05) is 6.67 Å². The van der Waals surface area contributed by atoms with E-state index in [0.29, 0.717) is 0 Å². The van der Waals surface area contributed by atoms with Crippen LogP contribution < -0.4 is 0 Å². The summed E-state index contributed by atoms with van der Waals surface area (Å²) in [4.78, 5) is 4.60. The van der Waals surface area contributed by atoms with Crippen LogP contribution >= 0.6 is 0 Å². The van der Waals surface area contributed by atoms with E-state index < -0.39 is 0 Å². The second-order valence-corrected chi connectivity index (χ2v) is 4.51. The first-order valence-electron chi connectivity index (χ1n) is 4.67. The Kier molecular flexibility index (Phi) is 1.72. The Labute approximate surface area is 79.8 Å². The van der Waals surface area contributed by atoms with Crippen LogP contribution in [0.25, 0.3) is 0 Å². The van der Waals surface area contributed by atoms with Crippen LogP contribution in [0.1, 0.15) is 20.8 Å². The van der Waals surface area contributed by atoms with Gasteiger partial charge in [0.25, 0.3) is 0 Å². The molecule has 2 rings (SSSR count). The van der Waals surface area contributed by atoms with Crippen molar-refractivity contribution >= 4 is 0 Å². The summed E-state index contributed by atoms with van der Waals surface area (Å²) in [7, 11) is 0. The first-order valence-corrected chi connectivity index (χ1v) is 4.67. The molecule has 0 aromatic carbocycles. The molecule has 2 heteroatoms. The van der Waals surface area contributed by atoms with E-state index in [2.05, 4.69) is 61.2 Å². The predicted molar refractivity (Wildman–Crippen MR) is 54.7 cm³/mol. The van der Waals surface area contributed by atoms with Crippen LogP contribution in [0.2, 0.25) is 0 Å². The maximum atomic E-state index is 2.35. The van der Waals surface area contributed by atoms with E-state index in [1.807, 2.05) is 0 Å². The van der Waals surface area contributed by atoms with Gasteiger partial charge in [0.15, 0.2) is 0 Å². The average Bonchev–Trinajstić information content (AvgIpc) is 2.45. The lowest BCUT2D eigenvalue weighted by molar-refractivity contribution is 0.180. The summed E-state index contributed by atoms with van der Waals surface area (Å²) in [5.41, 5.74) is 1.50. The number of fused-ring (bicyclic) bond motifs is 1. The molecule has 0 fully saturated rings. The zero-order chi connectivity index (χ0) is 9.47. The summed E-state index contributed by atoms with van der Waals surface area (Å²) < 4.78 is 0. The molecule has 0 aromatic heterocycles. The molecule has 2 aliphatic rings. The lowest BCUT2D eigenvalue weighted by atomic mass is 10.1. The van der Waals surface area contributed by atoms with Gasteiger partial charge in [-0.3, -0.25) is 0 Å². The molecule has 0 radical (unpaired) electrons. The molecule has 0 aliphatic carbocycles. The van der Waals surface area contributed by atoms with E-state index in [-0.39, 0.29) is 5.54 Å². The fraction of sp³-hybridized carbons (Fsp3) is 0.455. The molecule has 0 amide bonds. The van der Waals surface area contributed by atoms with Gasteiger partial charge in [0.1, 0.15) is 0 Å².